The highest BCUT2D eigenvalue weighted by molar-refractivity contribution is 7.91. The SMILES string of the molecule is Cc1ccc(S(=O)(=O)NCC(=O)Nc2cccc(C)c2C)s1. The van der Waals surface area contributed by atoms with E-state index in [1.54, 1.807) is 12.1 Å². The van der Waals surface area contributed by atoms with E-state index in [-0.39, 0.29) is 10.8 Å². The fourth-order valence-corrected chi connectivity index (χ4v) is 4.18. The molecule has 1 aromatic heterocycles. The van der Waals surface area contributed by atoms with Crippen LogP contribution in [0.1, 0.15) is 16.0 Å². The summed E-state index contributed by atoms with van der Waals surface area (Å²) in [5.41, 5.74) is 2.72. The molecule has 2 N–H and O–H groups in total. The van der Waals surface area contributed by atoms with Gasteiger partial charge >= 0.3 is 0 Å². The zero-order valence-corrected chi connectivity index (χ0v) is 14.3. The zero-order valence-electron chi connectivity index (χ0n) is 12.6. The van der Waals surface area contributed by atoms with Crippen LogP contribution in [-0.4, -0.2) is 20.9 Å². The van der Waals surface area contributed by atoms with Gasteiger partial charge in [0.25, 0.3) is 10.0 Å². The van der Waals surface area contributed by atoms with E-state index in [0.29, 0.717) is 5.69 Å². The summed E-state index contributed by atoms with van der Waals surface area (Å²) in [6.07, 6.45) is 0. The molecule has 7 heteroatoms. The minimum absolute atomic E-state index is 0.213. The monoisotopic (exact) mass is 338 g/mol. The minimum atomic E-state index is -3.64. The summed E-state index contributed by atoms with van der Waals surface area (Å²) in [6, 6.07) is 8.85. The van der Waals surface area contributed by atoms with Crippen molar-refractivity contribution in [3.8, 4) is 0 Å². The number of amides is 1. The number of anilines is 1. The second-order valence-electron chi connectivity index (χ2n) is 4.99. The van der Waals surface area contributed by atoms with Gasteiger partial charge in [0.1, 0.15) is 4.21 Å². The van der Waals surface area contributed by atoms with Gasteiger partial charge in [0.15, 0.2) is 0 Å². The molecule has 0 aliphatic rings. The number of sulfonamides is 1. The number of benzene rings is 1. The molecular weight excluding hydrogens is 320 g/mol. The van der Waals surface area contributed by atoms with Crippen molar-refractivity contribution in [2.24, 2.45) is 0 Å². The maximum atomic E-state index is 12.0. The highest BCUT2D eigenvalue weighted by atomic mass is 32.2. The molecule has 0 radical (unpaired) electrons. The lowest BCUT2D eigenvalue weighted by Gasteiger charge is -2.10. The Morgan fingerprint density at radius 1 is 1.14 bits per heavy atom. The van der Waals surface area contributed by atoms with Gasteiger partial charge in [0.2, 0.25) is 5.91 Å². The van der Waals surface area contributed by atoms with Crippen LogP contribution in [0, 0.1) is 20.8 Å². The van der Waals surface area contributed by atoms with Gasteiger partial charge in [-0.3, -0.25) is 4.79 Å². The Hall–Kier alpha value is -1.70. The van der Waals surface area contributed by atoms with Crippen molar-refractivity contribution in [3.05, 3.63) is 46.3 Å². The Morgan fingerprint density at radius 2 is 1.86 bits per heavy atom. The van der Waals surface area contributed by atoms with Gasteiger partial charge in [0, 0.05) is 10.6 Å². The first kappa shape index (κ1) is 16.7. The molecule has 0 aliphatic carbocycles. The van der Waals surface area contributed by atoms with E-state index in [0.717, 1.165) is 16.0 Å². The normalized spacial score (nSPS) is 11.4. The van der Waals surface area contributed by atoms with Crippen LogP contribution in [0.4, 0.5) is 5.69 Å². The minimum Gasteiger partial charge on any atom is -0.325 e. The highest BCUT2D eigenvalue weighted by Gasteiger charge is 2.17. The molecular formula is C15H18N2O3S2. The molecule has 1 aromatic carbocycles. The van der Waals surface area contributed by atoms with Crippen molar-refractivity contribution >= 4 is 33.0 Å². The predicted molar refractivity (Wildman–Crippen MR) is 88.8 cm³/mol. The van der Waals surface area contributed by atoms with Crippen LogP contribution >= 0.6 is 11.3 Å². The van der Waals surface area contributed by atoms with Crippen LogP contribution in [0.2, 0.25) is 0 Å². The number of thiophene rings is 1. The third-order valence-corrected chi connectivity index (χ3v) is 6.18. The van der Waals surface area contributed by atoms with E-state index < -0.39 is 15.9 Å². The molecule has 118 valence electrons. The molecule has 0 saturated heterocycles. The number of aryl methyl sites for hydroxylation is 2. The van der Waals surface area contributed by atoms with Crippen LogP contribution in [0.5, 0.6) is 0 Å². The van der Waals surface area contributed by atoms with Crippen molar-refractivity contribution in [2.75, 3.05) is 11.9 Å². The third kappa shape index (κ3) is 3.94. The van der Waals surface area contributed by atoms with E-state index in [1.807, 2.05) is 32.9 Å². The van der Waals surface area contributed by atoms with Gasteiger partial charge in [-0.05, 0) is 50.1 Å². The van der Waals surface area contributed by atoms with E-state index in [2.05, 4.69) is 10.0 Å². The first-order chi connectivity index (χ1) is 10.3. The van der Waals surface area contributed by atoms with Gasteiger partial charge < -0.3 is 5.32 Å². The average Bonchev–Trinajstić information content (AvgIpc) is 2.89. The molecule has 0 unspecified atom stereocenters. The third-order valence-electron chi connectivity index (χ3n) is 3.28. The van der Waals surface area contributed by atoms with Crippen molar-refractivity contribution in [1.29, 1.82) is 0 Å². The summed E-state index contributed by atoms with van der Waals surface area (Å²) in [5, 5.41) is 2.72. The lowest BCUT2D eigenvalue weighted by Crippen LogP contribution is -2.32. The number of rotatable bonds is 5. The van der Waals surface area contributed by atoms with E-state index in [9.17, 15) is 13.2 Å². The number of carbonyl (C=O) groups is 1. The van der Waals surface area contributed by atoms with Gasteiger partial charge in [-0.25, -0.2) is 13.1 Å². The highest BCUT2D eigenvalue weighted by Crippen LogP contribution is 2.20. The summed E-state index contributed by atoms with van der Waals surface area (Å²) in [6.45, 7) is 5.39. The number of nitrogens with one attached hydrogen (secondary N) is 2. The maximum Gasteiger partial charge on any atom is 0.250 e. The Labute approximate surface area is 134 Å². The molecule has 1 amide bonds. The van der Waals surface area contributed by atoms with E-state index in [1.165, 1.54) is 17.4 Å². The fraction of sp³-hybridized carbons (Fsp3) is 0.267. The van der Waals surface area contributed by atoms with Crippen molar-refractivity contribution < 1.29 is 13.2 Å². The molecule has 22 heavy (non-hydrogen) atoms. The second-order valence-corrected chi connectivity index (χ2v) is 8.27. The van der Waals surface area contributed by atoms with Gasteiger partial charge in [0.05, 0.1) is 6.54 Å². The Morgan fingerprint density at radius 3 is 2.50 bits per heavy atom. The quantitative estimate of drug-likeness (QED) is 0.880. The smallest absolute Gasteiger partial charge is 0.250 e. The van der Waals surface area contributed by atoms with Crippen LogP contribution in [0.25, 0.3) is 0 Å². The van der Waals surface area contributed by atoms with Crippen molar-refractivity contribution in [1.82, 2.24) is 4.72 Å². The number of hydrogen-bond acceptors (Lipinski definition) is 4. The molecule has 0 bridgehead atoms. The van der Waals surface area contributed by atoms with Crippen LogP contribution in [0.3, 0.4) is 0 Å². The Kier molecular flexibility index (Phi) is 5.00. The van der Waals surface area contributed by atoms with Gasteiger partial charge in [-0.2, -0.15) is 0 Å². The van der Waals surface area contributed by atoms with Crippen molar-refractivity contribution in [3.63, 3.8) is 0 Å². The molecule has 2 aromatic rings. The van der Waals surface area contributed by atoms with E-state index in [4.69, 9.17) is 0 Å². The summed E-state index contributed by atoms with van der Waals surface area (Å²) in [4.78, 5) is 12.8. The lowest BCUT2D eigenvalue weighted by atomic mass is 10.1. The summed E-state index contributed by atoms with van der Waals surface area (Å²) in [7, 11) is -3.64. The molecule has 2 rings (SSSR count). The number of hydrogen-bond donors (Lipinski definition) is 2. The molecule has 0 spiro atoms. The number of carbonyl (C=O) groups excluding carboxylic acids is 1. The first-order valence-electron chi connectivity index (χ1n) is 6.72. The predicted octanol–water partition coefficient (Wildman–Crippen LogP) is 2.59. The first-order valence-corrected chi connectivity index (χ1v) is 9.02. The topological polar surface area (TPSA) is 75.3 Å². The zero-order chi connectivity index (χ0) is 16.3. The van der Waals surface area contributed by atoms with Crippen LogP contribution in [0.15, 0.2) is 34.5 Å². The molecule has 0 aliphatic heterocycles. The molecule has 0 saturated carbocycles. The Bertz CT molecular complexity index is 795. The Balaban J connectivity index is 2.00. The van der Waals surface area contributed by atoms with Gasteiger partial charge in [-0.1, -0.05) is 12.1 Å². The van der Waals surface area contributed by atoms with E-state index >= 15 is 0 Å². The second kappa shape index (κ2) is 6.60. The largest absolute Gasteiger partial charge is 0.325 e. The molecule has 5 nitrogen and oxygen atoms in total. The fourth-order valence-electron chi connectivity index (χ4n) is 1.87. The van der Waals surface area contributed by atoms with Crippen LogP contribution in [-0.2, 0) is 14.8 Å². The summed E-state index contributed by atoms with van der Waals surface area (Å²) < 4.78 is 26.6. The molecule has 0 fully saturated rings. The maximum absolute atomic E-state index is 12.0. The summed E-state index contributed by atoms with van der Waals surface area (Å²) in [5.74, 6) is -0.398. The summed E-state index contributed by atoms with van der Waals surface area (Å²) >= 11 is 1.17. The van der Waals surface area contributed by atoms with Gasteiger partial charge in [-0.15, -0.1) is 11.3 Å². The lowest BCUT2D eigenvalue weighted by molar-refractivity contribution is -0.115. The van der Waals surface area contributed by atoms with Crippen molar-refractivity contribution in [2.45, 2.75) is 25.0 Å². The molecule has 1 heterocycles. The standard InChI is InChI=1S/C15H18N2O3S2/c1-10-5-4-6-13(12(10)3)17-14(18)9-16-22(19,20)15-8-7-11(2)21-15/h4-8,16H,9H2,1-3H3,(H,17,18). The van der Waals surface area contributed by atoms with Crippen LogP contribution < -0.4 is 10.0 Å². The average molecular weight is 338 g/mol. The molecule has 0 atom stereocenters.